The number of nitrogens with zero attached hydrogens (tertiary/aromatic N) is 3. The molecule has 1 aliphatic heterocycles. The molecule has 188 valence electrons. The van der Waals surface area contributed by atoms with Crippen LogP contribution in [0.5, 0.6) is 0 Å². The van der Waals surface area contributed by atoms with Gasteiger partial charge in [0, 0.05) is 22.0 Å². The van der Waals surface area contributed by atoms with Gasteiger partial charge in [-0.15, -0.1) is 11.8 Å². The van der Waals surface area contributed by atoms with Crippen molar-refractivity contribution in [2.24, 2.45) is 0 Å². The summed E-state index contributed by atoms with van der Waals surface area (Å²) in [5, 5.41) is 8.67. The van der Waals surface area contributed by atoms with E-state index in [0.717, 1.165) is 40.9 Å². The fourth-order valence-corrected chi connectivity index (χ4v) is 6.01. The first-order valence-electron chi connectivity index (χ1n) is 12.3. The van der Waals surface area contributed by atoms with E-state index < -0.39 is 0 Å². The predicted octanol–water partition coefficient (Wildman–Crippen LogP) is 5.58. The Bertz CT molecular complexity index is 1330. The summed E-state index contributed by atoms with van der Waals surface area (Å²) in [5.41, 5.74) is 4.50. The number of carbonyl (C=O) groups is 2. The molecule has 5 rings (SSSR count). The lowest BCUT2D eigenvalue weighted by Gasteiger charge is -2.25. The SMILES string of the molecule is Cc1ccccc1-n1nc(C(C)(C)C)c2c1N(CC(=O)NC1CC1)C(=O)CS[C@@H]2c1cccc(Cl)c1. The number of thioether (sulfide) groups is 1. The van der Waals surface area contributed by atoms with Crippen LogP contribution in [0.25, 0.3) is 5.69 Å². The maximum Gasteiger partial charge on any atom is 0.240 e. The molecular weight excluding hydrogens is 492 g/mol. The van der Waals surface area contributed by atoms with Gasteiger partial charge < -0.3 is 5.32 Å². The first kappa shape index (κ1) is 24.9. The summed E-state index contributed by atoms with van der Waals surface area (Å²) in [7, 11) is 0. The molecule has 1 N–H and O–H groups in total. The molecule has 3 aromatic rings. The Labute approximate surface area is 221 Å². The van der Waals surface area contributed by atoms with Crippen LogP contribution in [0.15, 0.2) is 48.5 Å². The van der Waals surface area contributed by atoms with Crippen LogP contribution in [-0.4, -0.2) is 39.9 Å². The van der Waals surface area contributed by atoms with Gasteiger partial charge in [-0.25, -0.2) is 4.68 Å². The topological polar surface area (TPSA) is 67.2 Å². The summed E-state index contributed by atoms with van der Waals surface area (Å²) in [4.78, 5) is 28.3. The van der Waals surface area contributed by atoms with Crippen LogP contribution < -0.4 is 10.2 Å². The zero-order valence-corrected chi connectivity index (χ0v) is 22.6. The molecule has 0 spiro atoms. The minimum atomic E-state index is -0.301. The van der Waals surface area contributed by atoms with Gasteiger partial charge in [0.2, 0.25) is 11.8 Å². The number of anilines is 1. The average molecular weight is 523 g/mol. The monoisotopic (exact) mass is 522 g/mol. The lowest BCUT2D eigenvalue weighted by molar-refractivity contribution is -0.123. The van der Waals surface area contributed by atoms with Gasteiger partial charge in [0.05, 0.1) is 22.4 Å². The van der Waals surface area contributed by atoms with E-state index in [4.69, 9.17) is 16.7 Å². The molecule has 36 heavy (non-hydrogen) atoms. The van der Waals surface area contributed by atoms with Crippen molar-refractivity contribution >= 4 is 41.0 Å². The first-order valence-corrected chi connectivity index (χ1v) is 13.7. The average Bonchev–Trinajstić information content (AvgIpc) is 3.56. The number of amides is 2. The van der Waals surface area contributed by atoms with Crippen molar-refractivity contribution in [3.05, 3.63) is 75.9 Å². The van der Waals surface area contributed by atoms with Crippen molar-refractivity contribution in [3.8, 4) is 5.69 Å². The van der Waals surface area contributed by atoms with Crippen LogP contribution in [0.3, 0.4) is 0 Å². The van der Waals surface area contributed by atoms with Crippen molar-refractivity contribution in [3.63, 3.8) is 0 Å². The largest absolute Gasteiger partial charge is 0.352 e. The third-order valence-corrected chi connectivity index (χ3v) is 8.03. The number of carbonyl (C=O) groups excluding carboxylic acids is 2. The molecule has 6 nitrogen and oxygen atoms in total. The first-order chi connectivity index (χ1) is 17.1. The zero-order chi connectivity index (χ0) is 25.6. The van der Waals surface area contributed by atoms with Crippen molar-refractivity contribution in [2.45, 2.75) is 57.2 Å². The van der Waals surface area contributed by atoms with E-state index in [2.05, 4.69) is 26.1 Å². The third-order valence-electron chi connectivity index (χ3n) is 6.54. The van der Waals surface area contributed by atoms with Crippen LogP contribution in [0, 0.1) is 6.92 Å². The summed E-state index contributed by atoms with van der Waals surface area (Å²) < 4.78 is 1.87. The van der Waals surface area contributed by atoms with Crippen molar-refractivity contribution < 1.29 is 9.59 Å². The smallest absolute Gasteiger partial charge is 0.240 e. The molecule has 0 saturated heterocycles. The highest BCUT2D eigenvalue weighted by Gasteiger charge is 2.40. The molecule has 2 aliphatic rings. The van der Waals surface area contributed by atoms with Gasteiger partial charge in [-0.1, -0.05) is 62.7 Å². The zero-order valence-electron chi connectivity index (χ0n) is 21.0. The molecule has 1 aromatic heterocycles. The van der Waals surface area contributed by atoms with E-state index in [9.17, 15) is 9.59 Å². The molecule has 0 unspecified atom stereocenters. The number of aromatic nitrogens is 2. The minimum absolute atomic E-state index is 0.0354. The number of benzene rings is 2. The van der Waals surface area contributed by atoms with Crippen LogP contribution in [0.4, 0.5) is 5.82 Å². The molecule has 2 aromatic carbocycles. The number of halogens is 1. The number of aryl methyl sites for hydroxylation is 1. The standard InChI is InChI=1S/C28H31ClN4O2S/c1-17-8-5-6-11-21(17)33-27-24(26(31-33)28(2,3)4)25(18-9-7-10-19(29)14-18)36-16-23(35)32(27)15-22(34)30-20-12-13-20/h5-11,14,20,25H,12-13,15-16H2,1-4H3,(H,30,34)/t25-/m1/s1. The maximum atomic E-state index is 13.6. The fourth-order valence-electron chi connectivity index (χ4n) is 4.62. The molecule has 2 heterocycles. The number of fused-ring (bicyclic) bond motifs is 1. The minimum Gasteiger partial charge on any atom is -0.352 e. The number of hydrogen-bond donors (Lipinski definition) is 1. The summed E-state index contributed by atoms with van der Waals surface area (Å²) >= 11 is 7.97. The molecule has 0 bridgehead atoms. The maximum absolute atomic E-state index is 13.6. The Morgan fingerprint density at radius 2 is 1.92 bits per heavy atom. The molecule has 1 fully saturated rings. The van der Waals surface area contributed by atoms with Crippen molar-refractivity contribution in [1.29, 1.82) is 0 Å². The molecular formula is C28H31ClN4O2S. The van der Waals surface area contributed by atoms with Gasteiger partial charge >= 0.3 is 0 Å². The van der Waals surface area contributed by atoms with E-state index in [1.54, 1.807) is 16.7 Å². The lowest BCUT2D eigenvalue weighted by atomic mass is 9.87. The molecule has 2 amide bonds. The summed E-state index contributed by atoms with van der Waals surface area (Å²) in [6.45, 7) is 8.40. The molecule has 1 atom stereocenters. The van der Waals surface area contributed by atoms with E-state index in [1.807, 2.05) is 60.1 Å². The summed E-state index contributed by atoms with van der Waals surface area (Å²) in [5.74, 6) is 0.671. The van der Waals surface area contributed by atoms with E-state index in [-0.39, 0.29) is 40.8 Å². The lowest BCUT2D eigenvalue weighted by Crippen LogP contribution is -2.43. The highest BCUT2D eigenvalue weighted by molar-refractivity contribution is 8.00. The van der Waals surface area contributed by atoms with Crippen LogP contribution in [-0.2, 0) is 15.0 Å². The van der Waals surface area contributed by atoms with Gasteiger partial charge in [0.25, 0.3) is 0 Å². The Hall–Kier alpha value is -2.77. The van der Waals surface area contributed by atoms with Crippen LogP contribution in [0.2, 0.25) is 5.02 Å². The quantitative estimate of drug-likeness (QED) is 0.475. The van der Waals surface area contributed by atoms with Crippen LogP contribution in [0.1, 0.15) is 61.2 Å². The molecule has 8 heteroatoms. The van der Waals surface area contributed by atoms with Gasteiger partial charge in [-0.05, 0) is 49.1 Å². The van der Waals surface area contributed by atoms with E-state index in [1.165, 1.54) is 0 Å². The highest BCUT2D eigenvalue weighted by atomic mass is 35.5. The highest BCUT2D eigenvalue weighted by Crippen LogP contribution is 2.48. The fraction of sp³-hybridized carbons (Fsp3) is 0.393. The number of rotatable bonds is 5. The number of hydrogen-bond acceptors (Lipinski definition) is 4. The van der Waals surface area contributed by atoms with Crippen molar-refractivity contribution in [1.82, 2.24) is 15.1 Å². The predicted molar refractivity (Wildman–Crippen MR) is 146 cm³/mol. The van der Waals surface area contributed by atoms with Crippen molar-refractivity contribution in [2.75, 3.05) is 17.2 Å². The summed E-state index contributed by atoms with van der Waals surface area (Å²) in [6, 6.07) is 16.0. The van der Waals surface area contributed by atoms with Gasteiger partial charge in [-0.3, -0.25) is 14.5 Å². The normalized spacial score (nSPS) is 18.1. The Morgan fingerprint density at radius 1 is 1.17 bits per heavy atom. The Morgan fingerprint density at radius 3 is 2.58 bits per heavy atom. The second-order valence-corrected chi connectivity index (χ2v) is 12.1. The van der Waals surface area contributed by atoms with Gasteiger partial charge in [-0.2, -0.15) is 5.10 Å². The molecule has 1 saturated carbocycles. The number of nitrogens with one attached hydrogen (secondary N) is 1. The van der Waals surface area contributed by atoms with E-state index >= 15 is 0 Å². The number of para-hydroxylation sites is 1. The second-order valence-electron chi connectivity index (χ2n) is 10.6. The van der Waals surface area contributed by atoms with E-state index in [0.29, 0.717) is 10.8 Å². The Balaban J connectivity index is 1.76. The van der Waals surface area contributed by atoms with Gasteiger partial charge in [0.1, 0.15) is 12.4 Å². The second kappa shape index (κ2) is 9.60. The molecule has 1 aliphatic carbocycles. The molecule has 0 radical (unpaired) electrons. The van der Waals surface area contributed by atoms with Gasteiger partial charge in [0.15, 0.2) is 0 Å². The Kier molecular flexibility index (Phi) is 6.64. The summed E-state index contributed by atoms with van der Waals surface area (Å²) in [6.07, 6.45) is 1.99. The third kappa shape index (κ3) is 4.91. The van der Waals surface area contributed by atoms with Crippen LogP contribution >= 0.6 is 23.4 Å².